The molecule has 4 nitrogen and oxygen atoms in total. The number of hydrogen-bond donors (Lipinski definition) is 0. The smallest absolute Gasteiger partial charge is 0.164 e. The van der Waals surface area contributed by atoms with Crippen LogP contribution >= 0.6 is 0 Å². The third kappa shape index (κ3) is 5.13. The van der Waals surface area contributed by atoms with E-state index in [0.29, 0.717) is 17.5 Å². The summed E-state index contributed by atoms with van der Waals surface area (Å²) in [4.78, 5) is 14.9. The van der Waals surface area contributed by atoms with E-state index in [-0.39, 0.29) is 0 Å². The number of benzene rings is 8. The van der Waals surface area contributed by atoms with Gasteiger partial charge in [-0.25, -0.2) is 15.0 Å². The topological polar surface area (TPSA) is 51.8 Å². The molecule has 0 unspecified atom stereocenters. The molecule has 0 saturated carbocycles. The van der Waals surface area contributed by atoms with Crippen molar-refractivity contribution in [2.24, 2.45) is 0 Å². The molecule has 0 aliphatic carbocycles. The first-order chi connectivity index (χ1) is 25.2. The van der Waals surface area contributed by atoms with Crippen molar-refractivity contribution >= 4 is 43.5 Å². The summed E-state index contributed by atoms with van der Waals surface area (Å²) in [6.45, 7) is 0. The summed E-state index contributed by atoms with van der Waals surface area (Å²) >= 11 is 0. The molecule has 0 atom stereocenters. The standard InChI is InChI=1S/C47H29N3O/c1-3-13-31(14-4-1)45-48-46(32-15-5-2-6-16-32)50-47(49-45)37-24-25-43-41(28-37)42-29-40(38-20-9-10-21-39(38)44(42)51-43)36-19-11-18-34(27-36)35-23-22-30-12-7-8-17-33(30)26-35/h1-29H. The van der Waals surface area contributed by atoms with Gasteiger partial charge in [0.25, 0.3) is 0 Å². The predicted molar refractivity (Wildman–Crippen MR) is 209 cm³/mol. The summed E-state index contributed by atoms with van der Waals surface area (Å²) < 4.78 is 6.61. The van der Waals surface area contributed by atoms with Gasteiger partial charge in [-0.3, -0.25) is 0 Å². The number of furan rings is 1. The van der Waals surface area contributed by atoms with Gasteiger partial charge in [-0.15, -0.1) is 0 Å². The fourth-order valence-electron chi connectivity index (χ4n) is 7.15. The summed E-state index contributed by atoms with van der Waals surface area (Å²) in [5.41, 5.74) is 9.16. The molecule has 0 radical (unpaired) electrons. The molecule has 0 aliphatic heterocycles. The summed E-state index contributed by atoms with van der Waals surface area (Å²) in [6.07, 6.45) is 0. The summed E-state index contributed by atoms with van der Waals surface area (Å²) in [7, 11) is 0. The van der Waals surface area contributed by atoms with Crippen molar-refractivity contribution in [3.8, 4) is 56.4 Å². The van der Waals surface area contributed by atoms with Crippen molar-refractivity contribution in [3.05, 3.63) is 176 Å². The third-order valence-electron chi connectivity index (χ3n) is 9.69. The lowest BCUT2D eigenvalue weighted by Gasteiger charge is -2.11. The summed E-state index contributed by atoms with van der Waals surface area (Å²) in [5, 5.41) is 6.78. The molecule has 238 valence electrons. The second-order valence-electron chi connectivity index (χ2n) is 12.8. The average molecular weight is 652 g/mol. The Morgan fingerprint density at radius 3 is 1.63 bits per heavy atom. The Morgan fingerprint density at radius 1 is 0.314 bits per heavy atom. The van der Waals surface area contributed by atoms with Gasteiger partial charge in [0.1, 0.15) is 11.2 Å². The molecule has 0 fully saturated rings. The highest BCUT2D eigenvalue weighted by atomic mass is 16.3. The van der Waals surface area contributed by atoms with Gasteiger partial charge in [-0.2, -0.15) is 0 Å². The van der Waals surface area contributed by atoms with Crippen molar-refractivity contribution < 1.29 is 4.42 Å². The number of nitrogens with zero attached hydrogens (tertiary/aromatic N) is 3. The van der Waals surface area contributed by atoms with Gasteiger partial charge in [-0.1, -0.05) is 140 Å². The SMILES string of the molecule is c1ccc(-c2nc(-c3ccccc3)nc(-c3ccc4oc5c6ccccc6c(-c6cccc(-c7ccc8ccccc8c7)c6)cc5c4c3)n2)cc1. The second kappa shape index (κ2) is 11.9. The fraction of sp³-hybridized carbons (Fsp3) is 0. The van der Waals surface area contributed by atoms with Gasteiger partial charge < -0.3 is 4.42 Å². The quantitative estimate of drug-likeness (QED) is 0.186. The number of rotatable bonds is 5. The molecule has 10 aromatic rings. The molecule has 0 saturated heterocycles. The lowest BCUT2D eigenvalue weighted by molar-refractivity contribution is 0.672. The maximum absolute atomic E-state index is 6.61. The van der Waals surface area contributed by atoms with Crippen LogP contribution in [-0.2, 0) is 0 Å². The van der Waals surface area contributed by atoms with Crippen molar-refractivity contribution in [1.82, 2.24) is 15.0 Å². The Kier molecular flexibility index (Phi) is 6.78. The molecule has 2 aromatic heterocycles. The van der Waals surface area contributed by atoms with E-state index in [1.807, 2.05) is 72.8 Å². The molecule has 51 heavy (non-hydrogen) atoms. The van der Waals surface area contributed by atoms with Crippen molar-refractivity contribution in [2.45, 2.75) is 0 Å². The van der Waals surface area contributed by atoms with E-state index in [1.54, 1.807) is 0 Å². The van der Waals surface area contributed by atoms with Crippen molar-refractivity contribution in [2.75, 3.05) is 0 Å². The summed E-state index contributed by atoms with van der Waals surface area (Å²) in [5.74, 6) is 1.88. The third-order valence-corrected chi connectivity index (χ3v) is 9.69. The van der Waals surface area contributed by atoms with E-state index in [0.717, 1.165) is 60.5 Å². The highest BCUT2D eigenvalue weighted by Crippen LogP contribution is 2.41. The maximum Gasteiger partial charge on any atom is 0.164 e. The second-order valence-corrected chi connectivity index (χ2v) is 12.8. The average Bonchev–Trinajstić information content (AvgIpc) is 3.59. The Labute approximate surface area is 294 Å². The van der Waals surface area contributed by atoms with E-state index in [4.69, 9.17) is 19.4 Å². The van der Waals surface area contributed by atoms with Crippen LogP contribution in [0.1, 0.15) is 0 Å². The number of fused-ring (bicyclic) bond motifs is 6. The molecule has 0 bridgehead atoms. The van der Waals surface area contributed by atoms with Gasteiger partial charge in [0.05, 0.1) is 0 Å². The molecule has 0 spiro atoms. The van der Waals surface area contributed by atoms with E-state index < -0.39 is 0 Å². The van der Waals surface area contributed by atoms with Crippen LogP contribution in [0.2, 0.25) is 0 Å². The lowest BCUT2D eigenvalue weighted by Crippen LogP contribution is -2.00. The highest BCUT2D eigenvalue weighted by molar-refractivity contribution is 6.19. The Bertz CT molecular complexity index is 2860. The molecule has 4 heteroatoms. The largest absolute Gasteiger partial charge is 0.455 e. The predicted octanol–water partition coefficient (Wildman–Crippen LogP) is 12.4. The first-order valence-corrected chi connectivity index (χ1v) is 17.1. The first kappa shape index (κ1) is 29.0. The Morgan fingerprint density at radius 2 is 0.882 bits per heavy atom. The first-order valence-electron chi connectivity index (χ1n) is 17.1. The van der Waals surface area contributed by atoms with Crippen molar-refractivity contribution in [3.63, 3.8) is 0 Å². The van der Waals surface area contributed by atoms with E-state index in [1.165, 1.54) is 21.9 Å². The normalized spacial score (nSPS) is 11.5. The van der Waals surface area contributed by atoms with Crippen LogP contribution in [0.5, 0.6) is 0 Å². The molecule has 2 heterocycles. The Balaban J connectivity index is 1.15. The molecule has 0 aliphatic rings. The van der Waals surface area contributed by atoms with Crippen molar-refractivity contribution in [1.29, 1.82) is 0 Å². The van der Waals surface area contributed by atoms with E-state index >= 15 is 0 Å². The monoisotopic (exact) mass is 651 g/mol. The van der Waals surface area contributed by atoms with E-state index in [2.05, 4.69) is 103 Å². The fourth-order valence-corrected chi connectivity index (χ4v) is 7.15. The zero-order valence-electron chi connectivity index (χ0n) is 27.5. The molecular weight excluding hydrogens is 623 g/mol. The molecule has 0 N–H and O–H groups in total. The molecular formula is C47H29N3O. The van der Waals surface area contributed by atoms with Crippen LogP contribution in [0.15, 0.2) is 180 Å². The highest BCUT2D eigenvalue weighted by Gasteiger charge is 2.18. The van der Waals surface area contributed by atoms with Crippen LogP contribution in [0.25, 0.3) is 99.9 Å². The van der Waals surface area contributed by atoms with Gasteiger partial charge in [0, 0.05) is 32.8 Å². The van der Waals surface area contributed by atoms with E-state index in [9.17, 15) is 0 Å². The Hall–Kier alpha value is -6.91. The zero-order valence-corrected chi connectivity index (χ0v) is 27.5. The summed E-state index contributed by atoms with van der Waals surface area (Å²) in [6, 6.07) is 61.2. The molecule has 0 amide bonds. The minimum atomic E-state index is 0.614. The minimum absolute atomic E-state index is 0.614. The lowest BCUT2D eigenvalue weighted by atomic mass is 9.93. The van der Waals surface area contributed by atoms with Crippen LogP contribution in [0.4, 0.5) is 0 Å². The minimum Gasteiger partial charge on any atom is -0.455 e. The maximum atomic E-state index is 6.61. The molecule has 8 aromatic carbocycles. The van der Waals surface area contributed by atoms with Gasteiger partial charge in [0.2, 0.25) is 0 Å². The van der Waals surface area contributed by atoms with Crippen LogP contribution in [-0.4, -0.2) is 15.0 Å². The van der Waals surface area contributed by atoms with Crippen LogP contribution in [0, 0.1) is 0 Å². The van der Waals surface area contributed by atoms with Gasteiger partial charge in [-0.05, 0) is 74.8 Å². The zero-order chi connectivity index (χ0) is 33.7. The van der Waals surface area contributed by atoms with Gasteiger partial charge in [0.15, 0.2) is 17.5 Å². The number of aromatic nitrogens is 3. The van der Waals surface area contributed by atoms with Crippen LogP contribution < -0.4 is 0 Å². The number of hydrogen-bond acceptors (Lipinski definition) is 4. The van der Waals surface area contributed by atoms with Crippen LogP contribution in [0.3, 0.4) is 0 Å². The molecule has 10 rings (SSSR count). The van der Waals surface area contributed by atoms with Gasteiger partial charge >= 0.3 is 0 Å².